The van der Waals surface area contributed by atoms with Gasteiger partial charge in [-0.15, -0.1) is 12.4 Å². The first-order valence-corrected chi connectivity index (χ1v) is 5.52. The van der Waals surface area contributed by atoms with Gasteiger partial charge in [-0.3, -0.25) is 0 Å². The number of hydrogen-bond donors (Lipinski definition) is 1. The zero-order valence-electron chi connectivity index (χ0n) is 10.3. The second kappa shape index (κ2) is 4.72. The standard InChI is InChI=1S/C11H19N3O.ClH/c1-7(12-4)5-9-13-10(15-14-9)8-6-11(8,2)3;/h7-8,12H,5-6H2,1-4H3;1H. The van der Waals surface area contributed by atoms with E-state index in [2.05, 4.69) is 36.2 Å². The summed E-state index contributed by atoms with van der Waals surface area (Å²) >= 11 is 0. The fourth-order valence-corrected chi connectivity index (χ4v) is 1.76. The number of likely N-dealkylation sites (N-methyl/N-ethyl adjacent to an activating group) is 1. The number of nitrogens with one attached hydrogen (secondary N) is 1. The maximum Gasteiger partial charge on any atom is 0.230 e. The summed E-state index contributed by atoms with van der Waals surface area (Å²) in [6.45, 7) is 6.58. The van der Waals surface area contributed by atoms with E-state index in [1.54, 1.807) is 0 Å². The van der Waals surface area contributed by atoms with Crippen LogP contribution in [0.2, 0.25) is 0 Å². The lowest BCUT2D eigenvalue weighted by molar-refractivity contribution is 0.361. The van der Waals surface area contributed by atoms with E-state index in [1.807, 2.05) is 7.05 Å². The molecule has 1 aliphatic rings. The smallest absolute Gasteiger partial charge is 0.230 e. The van der Waals surface area contributed by atoms with Crippen LogP contribution >= 0.6 is 12.4 Å². The Kier molecular flexibility index (Phi) is 3.97. The van der Waals surface area contributed by atoms with Crippen LogP contribution in [0, 0.1) is 5.41 Å². The van der Waals surface area contributed by atoms with Gasteiger partial charge in [0.25, 0.3) is 0 Å². The molecule has 1 fully saturated rings. The number of nitrogens with zero attached hydrogens (tertiary/aromatic N) is 2. The highest BCUT2D eigenvalue weighted by atomic mass is 35.5. The minimum Gasteiger partial charge on any atom is -0.339 e. The molecule has 2 unspecified atom stereocenters. The van der Waals surface area contributed by atoms with Crippen LogP contribution in [0.1, 0.15) is 44.8 Å². The van der Waals surface area contributed by atoms with E-state index in [1.165, 1.54) is 0 Å². The van der Waals surface area contributed by atoms with Crippen molar-refractivity contribution in [3.8, 4) is 0 Å². The van der Waals surface area contributed by atoms with Gasteiger partial charge in [-0.2, -0.15) is 4.98 Å². The molecule has 1 heterocycles. The number of rotatable bonds is 4. The summed E-state index contributed by atoms with van der Waals surface area (Å²) in [4.78, 5) is 4.44. The average molecular weight is 246 g/mol. The molecule has 1 aromatic heterocycles. The van der Waals surface area contributed by atoms with Crippen molar-refractivity contribution in [2.24, 2.45) is 5.41 Å². The molecule has 1 aromatic rings. The van der Waals surface area contributed by atoms with E-state index >= 15 is 0 Å². The van der Waals surface area contributed by atoms with Gasteiger partial charge in [-0.05, 0) is 25.8 Å². The van der Waals surface area contributed by atoms with Gasteiger partial charge < -0.3 is 9.84 Å². The third kappa shape index (κ3) is 2.74. The first kappa shape index (κ1) is 13.5. The predicted molar refractivity (Wildman–Crippen MR) is 64.9 cm³/mol. The highest BCUT2D eigenvalue weighted by Gasteiger charge is 2.50. The maximum absolute atomic E-state index is 5.28. The van der Waals surface area contributed by atoms with Crippen LogP contribution in [0.5, 0.6) is 0 Å². The molecule has 4 nitrogen and oxygen atoms in total. The summed E-state index contributed by atoms with van der Waals surface area (Å²) in [5.74, 6) is 2.11. The summed E-state index contributed by atoms with van der Waals surface area (Å²) < 4.78 is 5.28. The predicted octanol–water partition coefficient (Wildman–Crippen LogP) is 2.16. The summed E-state index contributed by atoms with van der Waals surface area (Å²) in [6, 6.07) is 0.391. The fraction of sp³-hybridized carbons (Fsp3) is 0.818. The number of halogens is 1. The van der Waals surface area contributed by atoms with Crippen molar-refractivity contribution < 1.29 is 4.52 Å². The Morgan fingerprint density at radius 3 is 2.69 bits per heavy atom. The Hall–Kier alpha value is -0.610. The third-order valence-corrected chi connectivity index (χ3v) is 3.28. The minimum absolute atomic E-state index is 0. The third-order valence-electron chi connectivity index (χ3n) is 3.28. The highest BCUT2D eigenvalue weighted by Crippen LogP contribution is 2.57. The molecule has 1 aliphatic carbocycles. The van der Waals surface area contributed by atoms with Crippen LogP contribution in [0.4, 0.5) is 0 Å². The average Bonchev–Trinajstić information content (AvgIpc) is 2.63. The zero-order valence-corrected chi connectivity index (χ0v) is 11.1. The van der Waals surface area contributed by atoms with Crippen molar-refractivity contribution in [2.45, 2.75) is 45.6 Å². The Labute approximate surface area is 103 Å². The van der Waals surface area contributed by atoms with Gasteiger partial charge in [0.15, 0.2) is 5.82 Å². The Morgan fingerprint density at radius 2 is 2.19 bits per heavy atom. The molecule has 1 N–H and O–H groups in total. The molecule has 0 saturated heterocycles. The van der Waals surface area contributed by atoms with Gasteiger partial charge in [0.05, 0.1) is 0 Å². The maximum atomic E-state index is 5.28. The fourth-order valence-electron chi connectivity index (χ4n) is 1.76. The highest BCUT2D eigenvalue weighted by molar-refractivity contribution is 5.85. The normalized spacial score (nSPS) is 23.6. The summed E-state index contributed by atoms with van der Waals surface area (Å²) in [5.41, 5.74) is 0.360. The topological polar surface area (TPSA) is 51.0 Å². The van der Waals surface area contributed by atoms with E-state index in [-0.39, 0.29) is 12.4 Å². The van der Waals surface area contributed by atoms with Crippen molar-refractivity contribution in [2.75, 3.05) is 7.05 Å². The monoisotopic (exact) mass is 245 g/mol. The van der Waals surface area contributed by atoms with Crippen LogP contribution in [0.25, 0.3) is 0 Å². The molecule has 0 bridgehead atoms. The van der Waals surface area contributed by atoms with E-state index in [9.17, 15) is 0 Å². The van der Waals surface area contributed by atoms with Gasteiger partial charge in [0.2, 0.25) is 5.89 Å². The molecule has 2 atom stereocenters. The second-order valence-corrected chi connectivity index (χ2v) is 5.19. The number of aromatic nitrogens is 2. The molecule has 0 aliphatic heterocycles. The van der Waals surface area contributed by atoms with Gasteiger partial charge in [0, 0.05) is 18.4 Å². The van der Waals surface area contributed by atoms with Gasteiger partial charge >= 0.3 is 0 Å². The van der Waals surface area contributed by atoms with Crippen molar-refractivity contribution >= 4 is 12.4 Å². The number of hydrogen-bond acceptors (Lipinski definition) is 4. The van der Waals surface area contributed by atoms with Gasteiger partial charge in [-0.25, -0.2) is 0 Å². The van der Waals surface area contributed by atoms with Crippen LogP contribution in [-0.2, 0) is 6.42 Å². The molecule has 0 spiro atoms. The van der Waals surface area contributed by atoms with Crippen LogP contribution < -0.4 is 5.32 Å². The lowest BCUT2D eigenvalue weighted by Gasteiger charge is -2.04. The molecule has 0 amide bonds. The summed E-state index contributed by atoms with van der Waals surface area (Å²) in [5, 5.41) is 7.17. The van der Waals surface area contributed by atoms with Crippen molar-refractivity contribution in [1.82, 2.24) is 15.5 Å². The first-order valence-electron chi connectivity index (χ1n) is 5.52. The van der Waals surface area contributed by atoms with Crippen LogP contribution in [-0.4, -0.2) is 23.2 Å². The summed E-state index contributed by atoms with van der Waals surface area (Å²) in [7, 11) is 1.94. The quantitative estimate of drug-likeness (QED) is 0.883. The minimum atomic E-state index is 0. The molecular weight excluding hydrogens is 226 g/mol. The van der Waals surface area contributed by atoms with Gasteiger partial charge in [-0.1, -0.05) is 19.0 Å². The second-order valence-electron chi connectivity index (χ2n) is 5.19. The first-order chi connectivity index (χ1) is 7.03. The molecule has 1 saturated carbocycles. The molecule has 2 rings (SSSR count). The molecule has 16 heavy (non-hydrogen) atoms. The Morgan fingerprint density at radius 1 is 1.56 bits per heavy atom. The SMILES string of the molecule is CNC(C)Cc1noc(C2CC2(C)C)n1.Cl. The lowest BCUT2D eigenvalue weighted by Crippen LogP contribution is -2.24. The molecule has 0 aromatic carbocycles. The van der Waals surface area contributed by atoms with Crippen molar-refractivity contribution in [1.29, 1.82) is 0 Å². The summed E-state index contributed by atoms with van der Waals surface area (Å²) in [6.07, 6.45) is 1.99. The van der Waals surface area contributed by atoms with Crippen molar-refractivity contribution in [3.63, 3.8) is 0 Å². The molecular formula is C11H20ClN3O. The van der Waals surface area contributed by atoms with Crippen LogP contribution in [0.15, 0.2) is 4.52 Å². The zero-order chi connectivity index (χ0) is 11.1. The van der Waals surface area contributed by atoms with E-state index < -0.39 is 0 Å². The molecule has 0 radical (unpaired) electrons. The Bertz CT molecular complexity index is 351. The lowest BCUT2D eigenvalue weighted by atomic mass is 10.1. The van der Waals surface area contributed by atoms with Gasteiger partial charge in [0.1, 0.15) is 0 Å². The van der Waals surface area contributed by atoms with E-state index in [4.69, 9.17) is 4.52 Å². The largest absolute Gasteiger partial charge is 0.339 e. The Balaban J connectivity index is 0.00000128. The van der Waals surface area contributed by atoms with E-state index in [0.29, 0.717) is 17.4 Å². The van der Waals surface area contributed by atoms with Crippen molar-refractivity contribution in [3.05, 3.63) is 11.7 Å². The van der Waals surface area contributed by atoms with Crippen LogP contribution in [0.3, 0.4) is 0 Å². The van der Waals surface area contributed by atoms with E-state index in [0.717, 1.165) is 24.6 Å². The molecule has 5 heteroatoms. The molecule has 92 valence electrons.